The molecule has 1 aliphatic rings. The molecule has 0 bridgehead atoms. The van der Waals surface area contributed by atoms with Crippen LogP contribution >= 0.6 is 0 Å². The second kappa shape index (κ2) is 8.81. The summed E-state index contributed by atoms with van der Waals surface area (Å²) in [6.45, 7) is 1.41. The number of anilines is 2. The van der Waals surface area contributed by atoms with Crippen molar-refractivity contribution in [2.24, 2.45) is 11.0 Å². The topological polar surface area (TPSA) is 99.7 Å². The van der Waals surface area contributed by atoms with Crippen molar-refractivity contribution in [1.82, 2.24) is 5.43 Å². The SMILES string of the molecule is CC(=O)Nc1ccc(NC(=O)C(=O)N/N=C/C2CCCCC2)cc1. The Morgan fingerprint density at radius 1 is 0.958 bits per heavy atom. The van der Waals surface area contributed by atoms with Crippen molar-refractivity contribution in [2.45, 2.75) is 39.0 Å². The molecule has 3 amide bonds. The minimum absolute atomic E-state index is 0.179. The molecule has 0 spiro atoms. The molecular weight excluding hydrogens is 308 g/mol. The van der Waals surface area contributed by atoms with Gasteiger partial charge in [0.2, 0.25) is 5.91 Å². The van der Waals surface area contributed by atoms with Crippen LogP contribution in [0.5, 0.6) is 0 Å². The summed E-state index contributed by atoms with van der Waals surface area (Å²) >= 11 is 0. The summed E-state index contributed by atoms with van der Waals surface area (Å²) in [4.78, 5) is 34.4. The summed E-state index contributed by atoms with van der Waals surface area (Å²) in [5.74, 6) is -1.40. The third-order valence-electron chi connectivity index (χ3n) is 3.77. The van der Waals surface area contributed by atoms with E-state index in [0.717, 1.165) is 12.8 Å². The largest absolute Gasteiger partial charge is 0.329 e. The molecule has 2 rings (SSSR count). The fraction of sp³-hybridized carbons (Fsp3) is 0.412. The maximum atomic E-state index is 11.8. The summed E-state index contributed by atoms with van der Waals surface area (Å²) in [6, 6.07) is 6.47. The molecule has 1 saturated carbocycles. The van der Waals surface area contributed by atoms with Crippen LogP contribution in [-0.4, -0.2) is 23.9 Å². The van der Waals surface area contributed by atoms with Crippen molar-refractivity contribution in [3.05, 3.63) is 24.3 Å². The van der Waals surface area contributed by atoms with Crippen LogP contribution in [0.4, 0.5) is 11.4 Å². The van der Waals surface area contributed by atoms with Gasteiger partial charge in [-0.1, -0.05) is 19.3 Å². The molecule has 1 aromatic rings. The lowest BCUT2D eigenvalue weighted by Crippen LogP contribution is -2.32. The number of carbonyl (C=O) groups is 3. The van der Waals surface area contributed by atoms with E-state index in [1.807, 2.05) is 0 Å². The van der Waals surface area contributed by atoms with E-state index in [1.165, 1.54) is 26.2 Å². The molecule has 0 heterocycles. The normalized spacial score (nSPS) is 15.0. The molecule has 128 valence electrons. The molecular formula is C17H22N4O3. The Bertz CT molecular complexity index is 619. The van der Waals surface area contributed by atoms with Crippen LogP contribution < -0.4 is 16.1 Å². The zero-order chi connectivity index (χ0) is 17.4. The quantitative estimate of drug-likeness (QED) is 0.448. The maximum Gasteiger partial charge on any atom is 0.329 e. The first kappa shape index (κ1) is 17.7. The first-order valence-electron chi connectivity index (χ1n) is 8.07. The molecule has 0 saturated heterocycles. The fourth-order valence-corrected chi connectivity index (χ4v) is 2.56. The first-order valence-corrected chi connectivity index (χ1v) is 8.07. The van der Waals surface area contributed by atoms with Crippen LogP contribution in [0.25, 0.3) is 0 Å². The summed E-state index contributed by atoms with van der Waals surface area (Å²) in [5.41, 5.74) is 3.32. The highest BCUT2D eigenvalue weighted by Crippen LogP contribution is 2.21. The van der Waals surface area contributed by atoms with Crippen LogP contribution in [0.15, 0.2) is 29.4 Å². The van der Waals surface area contributed by atoms with Gasteiger partial charge in [-0.25, -0.2) is 5.43 Å². The van der Waals surface area contributed by atoms with Crippen LogP contribution in [0.3, 0.4) is 0 Å². The van der Waals surface area contributed by atoms with Crippen LogP contribution in [0.1, 0.15) is 39.0 Å². The Balaban J connectivity index is 1.79. The molecule has 24 heavy (non-hydrogen) atoms. The van der Waals surface area contributed by atoms with E-state index >= 15 is 0 Å². The van der Waals surface area contributed by atoms with E-state index in [-0.39, 0.29) is 5.91 Å². The van der Waals surface area contributed by atoms with E-state index in [4.69, 9.17) is 0 Å². The van der Waals surface area contributed by atoms with Crippen molar-refractivity contribution in [1.29, 1.82) is 0 Å². The van der Waals surface area contributed by atoms with Crippen LogP contribution in [0.2, 0.25) is 0 Å². The lowest BCUT2D eigenvalue weighted by atomic mass is 9.90. The van der Waals surface area contributed by atoms with Crippen molar-refractivity contribution < 1.29 is 14.4 Å². The number of nitrogens with zero attached hydrogens (tertiary/aromatic N) is 1. The lowest BCUT2D eigenvalue weighted by molar-refractivity contribution is -0.136. The van der Waals surface area contributed by atoms with Gasteiger partial charge in [-0.3, -0.25) is 14.4 Å². The third-order valence-corrected chi connectivity index (χ3v) is 3.77. The molecule has 0 radical (unpaired) electrons. The van der Waals surface area contributed by atoms with Crippen molar-refractivity contribution in [2.75, 3.05) is 10.6 Å². The summed E-state index contributed by atoms with van der Waals surface area (Å²) in [5, 5.41) is 8.96. The maximum absolute atomic E-state index is 11.8. The van der Waals surface area contributed by atoms with Gasteiger partial charge in [-0.2, -0.15) is 5.10 Å². The average Bonchev–Trinajstić information content (AvgIpc) is 2.57. The van der Waals surface area contributed by atoms with Gasteiger partial charge >= 0.3 is 11.8 Å². The van der Waals surface area contributed by atoms with E-state index in [1.54, 1.807) is 30.5 Å². The molecule has 0 atom stereocenters. The number of hydrogen-bond donors (Lipinski definition) is 3. The standard InChI is InChI=1S/C17H22N4O3/c1-12(22)19-14-7-9-15(10-8-14)20-16(23)17(24)21-18-11-13-5-3-2-4-6-13/h7-11,13H,2-6H2,1H3,(H,19,22)(H,20,23)(H,21,24)/b18-11+. The minimum atomic E-state index is -0.812. The van der Waals surface area contributed by atoms with Gasteiger partial charge in [0.15, 0.2) is 0 Å². The van der Waals surface area contributed by atoms with Crippen molar-refractivity contribution in [3.63, 3.8) is 0 Å². The highest BCUT2D eigenvalue weighted by Gasteiger charge is 2.14. The predicted molar refractivity (Wildman–Crippen MR) is 92.6 cm³/mol. The molecule has 1 fully saturated rings. The number of rotatable bonds is 4. The van der Waals surface area contributed by atoms with Gasteiger partial charge in [-0.05, 0) is 43.0 Å². The van der Waals surface area contributed by atoms with Gasteiger partial charge in [0, 0.05) is 24.5 Å². The van der Waals surface area contributed by atoms with Crippen molar-refractivity contribution >= 4 is 35.3 Å². The molecule has 0 aliphatic heterocycles. The Morgan fingerprint density at radius 3 is 2.12 bits per heavy atom. The van der Waals surface area contributed by atoms with Crippen molar-refractivity contribution in [3.8, 4) is 0 Å². The Kier molecular flexibility index (Phi) is 6.48. The van der Waals surface area contributed by atoms with Crippen LogP contribution in [-0.2, 0) is 14.4 Å². The number of hydrazone groups is 1. The molecule has 0 unspecified atom stereocenters. The molecule has 1 aliphatic carbocycles. The van der Waals surface area contributed by atoms with Gasteiger partial charge in [0.05, 0.1) is 0 Å². The Hall–Kier alpha value is -2.70. The number of amides is 3. The summed E-state index contributed by atoms with van der Waals surface area (Å²) in [7, 11) is 0. The van der Waals surface area contributed by atoms with Gasteiger partial charge < -0.3 is 10.6 Å². The van der Waals surface area contributed by atoms with Gasteiger partial charge in [-0.15, -0.1) is 0 Å². The van der Waals surface area contributed by atoms with E-state index in [9.17, 15) is 14.4 Å². The third kappa shape index (κ3) is 5.83. The highest BCUT2D eigenvalue weighted by molar-refractivity contribution is 6.39. The van der Waals surface area contributed by atoms with E-state index in [2.05, 4.69) is 21.2 Å². The number of hydrogen-bond acceptors (Lipinski definition) is 4. The molecule has 7 heteroatoms. The van der Waals surface area contributed by atoms with Gasteiger partial charge in [0.25, 0.3) is 0 Å². The highest BCUT2D eigenvalue weighted by atomic mass is 16.2. The fourth-order valence-electron chi connectivity index (χ4n) is 2.56. The van der Waals surface area contributed by atoms with Gasteiger partial charge in [0.1, 0.15) is 0 Å². The zero-order valence-electron chi connectivity index (χ0n) is 13.7. The predicted octanol–water partition coefficient (Wildman–Crippen LogP) is 2.27. The average molecular weight is 330 g/mol. The van der Waals surface area contributed by atoms with Crippen LogP contribution in [0, 0.1) is 5.92 Å². The lowest BCUT2D eigenvalue weighted by Gasteiger charge is -2.16. The second-order valence-electron chi connectivity index (χ2n) is 5.83. The number of carbonyl (C=O) groups excluding carboxylic acids is 3. The Labute approximate surface area is 140 Å². The molecule has 3 N–H and O–H groups in total. The smallest absolute Gasteiger partial charge is 0.326 e. The Morgan fingerprint density at radius 2 is 1.54 bits per heavy atom. The second-order valence-corrected chi connectivity index (χ2v) is 5.83. The molecule has 0 aromatic heterocycles. The van der Waals surface area contributed by atoms with E-state index < -0.39 is 11.8 Å². The zero-order valence-corrected chi connectivity index (χ0v) is 13.7. The summed E-state index contributed by atoms with van der Waals surface area (Å²) in [6.07, 6.45) is 7.48. The van der Waals surface area contributed by atoms with E-state index in [0.29, 0.717) is 17.3 Å². The monoisotopic (exact) mass is 330 g/mol. The minimum Gasteiger partial charge on any atom is -0.326 e. The molecule has 7 nitrogen and oxygen atoms in total. The number of nitrogens with one attached hydrogen (secondary N) is 3. The molecule has 1 aromatic carbocycles. The number of benzene rings is 1. The first-order chi connectivity index (χ1) is 11.5. The summed E-state index contributed by atoms with van der Waals surface area (Å²) < 4.78 is 0.